The lowest BCUT2D eigenvalue weighted by atomic mass is 9.89. The molecule has 32 heavy (non-hydrogen) atoms. The summed E-state index contributed by atoms with van der Waals surface area (Å²) in [7, 11) is 0. The Balaban J connectivity index is 1.77. The van der Waals surface area contributed by atoms with Crippen LogP contribution >= 0.6 is 0 Å². The van der Waals surface area contributed by atoms with Gasteiger partial charge < -0.3 is 14.6 Å². The van der Waals surface area contributed by atoms with Gasteiger partial charge in [0.05, 0.1) is 17.2 Å². The van der Waals surface area contributed by atoms with Gasteiger partial charge in [0.25, 0.3) is 0 Å². The summed E-state index contributed by atoms with van der Waals surface area (Å²) < 4.78 is 1.94. The lowest BCUT2D eigenvalue weighted by Crippen LogP contribution is -2.17. The van der Waals surface area contributed by atoms with E-state index in [1.165, 1.54) is 6.07 Å². The Hall–Kier alpha value is -3.93. The molecular weight excluding hydrogens is 404 g/mol. The van der Waals surface area contributed by atoms with E-state index < -0.39 is 17.9 Å². The molecule has 0 aliphatic rings. The minimum Gasteiger partial charge on any atom is -0.481 e. The number of aromatic nitrogens is 2. The van der Waals surface area contributed by atoms with Crippen molar-refractivity contribution in [3.63, 3.8) is 0 Å². The van der Waals surface area contributed by atoms with Gasteiger partial charge >= 0.3 is 11.9 Å². The van der Waals surface area contributed by atoms with Crippen molar-refractivity contribution in [3.05, 3.63) is 94.9 Å². The average molecular weight is 428 g/mol. The van der Waals surface area contributed by atoms with Gasteiger partial charge in [0.1, 0.15) is 5.65 Å². The smallest absolute Gasteiger partial charge is 0.336 e. The molecular formula is C26H24N2O4. The maximum atomic E-state index is 12.2. The molecule has 0 bridgehead atoms. The number of imidazole rings is 1. The molecule has 4 aromatic rings. The molecule has 2 N–H and O–H groups in total. The van der Waals surface area contributed by atoms with Crippen LogP contribution < -0.4 is 0 Å². The van der Waals surface area contributed by atoms with Crippen molar-refractivity contribution in [1.29, 1.82) is 0 Å². The third-order valence-electron chi connectivity index (χ3n) is 5.78. The Kier molecular flexibility index (Phi) is 5.77. The van der Waals surface area contributed by atoms with E-state index in [0.717, 1.165) is 34.6 Å². The number of carboxylic acids is 2. The zero-order valence-electron chi connectivity index (χ0n) is 17.9. The van der Waals surface area contributed by atoms with Crippen LogP contribution in [-0.4, -0.2) is 31.5 Å². The third-order valence-corrected chi connectivity index (χ3v) is 5.78. The number of rotatable bonds is 7. The highest BCUT2D eigenvalue weighted by Gasteiger charge is 2.24. The Bertz CT molecular complexity index is 1310. The fourth-order valence-electron chi connectivity index (χ4n) is 4.02. The van der Waals surface area contributed by atoms with Crippen LogP contribution in [0.2, 0.25) is 0 Å². The highest BCUT2D eigenvalue weighted by atomic mass is 16.4. The molecule has 0 radical (unpaired) electrons. The molecule has 0 aliphatic carbocycles. The minimum atomic E-state index is -1.09. The van der Waals surface area contributed by atoms with Crippen LogP contribution in [0.3, 0.4) is 0 Å². The summed E-state index contributed by atoms with van der Waals surface area (Å²) in [6.45, 7) is 4.00. The van der Waals surface area contributed by atoms with E-state index in [2.05, 4.69) is 4.98 Å². The molecule has 0 fully saturated rings. The Morgan fingerprint density at radius 2 is 1.78 bits per heavy atom. The monoisotopic (exact) mass is 428 g/mol. The van der Waals surface area contributed by atoms with Crippen LogP contribution in [0.25, 0.3) is 16.8 Å². The summed E-state index contributed by atoms with van der Waals surface area (Å²) in [5.74, 6) is -2.98. The maximum Gasteiger partial charge on any atom is 0.336 e. The fraction of sp³-hybridized carbons (Fsp3) is 0.192. The van der Waals surface area contributed by atoms with E-state index >= 15 is 0 Å². The topological polar surface area (TPSA) is 91.9 Å². The van der Waals surface area contributed by atoms with Gasteiger partial charge in [-0.05, 0) is 47.7 Å². The second kappa shape index (κ2) is 8.67. The molecule has 1 unspecified atom stereocenters. The highest BCUT2D eigenvalue weighted by Crippen LogP contribution is 2.30. The summed E-state index contributed by atoms with van der Waals surface area (Å²) in [6, 6.07) is 18.0. The van der Waals surface area contributed by atoms with Crippen molar-refractivity contribution in [2.45, 2.75) is 32.6 Å². The first-order chi connectivity index (χ1) is 15.4. The number of hydrogen-bond donors (Lipinski definition) is 2. The molecule has 0 saturated carbocycles. The van der Waals surface area contributed by atoms with Gasteiger partial charge in [-0.3, -0.25) is 4.79 Å². The van der Waals surface area contributed by atoms with Gasteiger partial charge in [0, 0.05) is 18.3 Å². The number of benzene rings is 2. The number of aromatic carboxylic acids is 1. The Morgan fingerprint density at radius 1 is 1.03 bits per heavy atom. The largest absolute Gasteiger partial charge is 0.481 e. The number of carboxylic acid groups (broad SMARTS) is 2. The molecule has 0 spiro atoms. The second-order valence-electron chi connectivity index (χ2n) is 7.86. The molecule has 162 valence electrons. The van der Waals surface area contributed by atoms with E-state index in [0.29, 0.717) is 11.1 Å². The van der Waals surface area contributed by atoms with Crippen molar-refractivity contribution >= 4 is 17.6 Å². The van der Waals surface area contributed by atoms with Crippen molar-refractivity contribution in [1.82, 2.24) is 9.38 Å². The normalized spacial score (nSPS) is 12.1. The number of fused-ring (bicyclic) bond motifs is 1. The van der Waals surface area contributed by atoms with Gasteiger partial charge in [-0.15, -0.1) is 0 Å². The highest BCUT2D eigenvalue weighted by molar-refractivity contribution is 5.96. The van der Waals surface area contributed by atoms with Gasteiger partial charge in [0.15, 0.2) is 0 Å². The van der Waals surface area contributed by atoms with Crippen LogP contribution in [0.1, 0.15) is 45.7 Å². The van der Waals surface area contributed by atoms with Crippen molar-refractivity contribution in [3.8, 4) is 11.1 Å². The Labute approximate surface area is 185 Å². The van der Waals surface area contributed by atoms with Gasteiger partial charge in [0.2, 0.25) is 0 Å². The lowest BCUT2D eigenvalue weighted by Gasteiger charge is -2.17. The molecule has 0 aliphatic heterocycles. The predicted molar refractivity (Wildman–Crippen MR) is 122 cm³/mol. The quantitative estimate of drug-likeness (QED) is 0.433. The van der Waals surface area contributed by atoms with Crippen molar-refractivity contribution < 1.29 is 19.8 Å². The zero-order chi connectivity index (χ0) is 22.8. The molecule has 6 nitrogen and oxygen atoms in total. The summed E-state index contributed by atoms with van der Waals surface area (Å²) >= 11 is 0. The second-order valence-corrected chi connectivity index (χ2v) is 7.86. The summed E-state index contributed by atoms with van der Waals surface area (Å²) in [6.07, 6.45) is 2.94. The molecule has 2 heterocycles. The lowest BCUT2D eigenvalue weighted by molar-refractivity contribution is -0.138. The third kappa shape index (κ3) is 3.99. The Morgan fingerprint density at radius 3 is 2.44 bits per heavy atom. The first kappa shape index (κ1) is 21.3. The summed E-state index contributed by atoms with van der Waals surface area (Å²) in [5.41, 5.74) is 5.46. The standard InChI is InChI=1S/C26H24N2O4/c1-3-19-15-28-20(11-9-16(2)24(28)27-19)14-22(25(29)30)18-10-12-21(23(13-18)26(31)32)17-7-5-4-6-8-17/h4-13,15,22H,3,14H2,1-2H3,(H,29,30)(H,31,32). The number of hydrogen-bond acceptors (Lipinski definition) is 3. The number of aryl methyl sites for hydroxylation is 2. The summed E-state index contributed by atoms with van der Waals surface area (Å²) in [5, 5.41) is 19.8. The van der Waals surface area contributed by atoms with Gasteiger partial charge in [-0.2, -0.15) is 0 Å². The van der Waals surface area contributed by atoms with Crippen LogP contribution in [0.5, 0.6) is 0 Å². The van der Waals surface area contributed by atoms with Crippen LogP contribution in [-0.2, 0) is 17.6 Å². The minimum absolute atomic E-state index is 0.0879. The predicted octanol–water partition coefficient (Wildman–Crippen LogP) is 4.98. The van der Waals surface area contributed by atoms with E-state index in [-0.39, 0.29) is 12.0 Å². The summed E-state index contributed by atoms with van der Waals surface area (Å²) in [4.78, 5) is 28.9. The SMILES string of the molecule is CCc1cn2c(CC(C(=O)O)c3ccc(-c4ccccc4)c(C(=O)O)c3)ccc(C)c2n1. The van der Waals surface area contributed by atoms with Crippen molar-refractivity contribution in [2.75, 3.05) is 0 Å². The van der Waals surface area contributed by atoms with Crippen LogP contribution in [0.4, 0.5) is 0 Å². The molecule has 0 saturated heterocycles. The molecule has 4 rings (SSSR count). The fourth-order valence-corrected chi connectivity index (χ4v) is 4.02. The first-order valence-electron chi connectivity index (χ1n) is 10.5. The molecule has 1 atom stereocenters. The van der Waals surface area contributed by atoms with E-state index in [9.17, 15) is 19.8 Å². The number of pyridine rings is 1. The van der Waals surface area contributed by atoms with Crippen LogP contribution in [0.15, 0.2) is 66.9 Å². The van der Waals surface area contributed by atoms with E-state index in [1.54, 1.807) is 12.1 Å². The molecule has 0 amide bonds. The van der Waals surface area contributed by atoms with E-state index in [4.69, 9.17) is 0 Å². The van der Waals surface area contributed by atoms with Gasteiger partial charge in [-0.25, -0.2) is 9.78 Å². The first-order valence-corrected chi connectivity index (χ1v) is 10.5. The molecule has 2 aromatic heterocycles. The van der Waals surface area contributed by atoms with Crippen molar-refractivity contribution in [2.24, 2.45) is 0 Å². The number of aliphatic carboxylic acids is 1. The zero-order valence-corrected chi connectivity index (χ0v) is 17.9. The van der Waals surface area contributed by atoms with E-state index in [1.807, 2.05) is 66.9 Å². The molecule has 2 aromatic carbocycles. The van der Waals surface area contributed by atoms with Crippen LogP contribution in [0, 0.1) is 6.92 Å². The van der Waals surface area contributed by atoms with Gasteiger partial charge in [-0.1, -0.05) is 55.5 Å². The maximum absolute atomic E-state index is 12.2. The average Bonchev–Trinajstić information content (AvgIpc) is 3.24. The number of carbonyl (C=O) groups is 2. The molecule has 6 heteroatoms. The number of nitrogens with zero attached hydrogens (tertiary/aromatic N) is 2.